The fourth-order valence-corrected chi connectivity index (χ4v) is 11.7. The number of fused-ring (bicyclic) bond motifs is 13. The van der Waals surface area contributed by atoms with Gasteiger partial charge in [-0.3, -0.25) is 24.2 Å². The number of benzene rings is 3. The number of aliphatic hydroxyl groups excluding tert-OH is 2. The molecule has 416 valence electrons. The molecule has 17 heteroatoms. The number of ketones is 1. The van der Waals surface area contributed by atoms with Gasteiger partial charge in [0.2, 0.25) is 5.91 Å². The summed E-state index contributed by atoms with van der Waals surface area (Å²) in [5.41, 5.74) is -0.753. The standard InChI is InChI=1S/C60H80N6O11/c1-32(2)31-65-28-24-60(25-29-65)63-45-42-43-50(69)39(9)53-44(42)54(71)59(12,77-53)75-30-23-33(3)36(6)52(76-57(74)58(10,11)56(73)66-26-21-41(22-27-66)61-40-19-14-13-15-20-40)38(8)49(68)37(7)48(67)34(4)17-16-18-35(5)55(72)62-47(51(43)70)46(45)64-60/h13-20,23,30,32-34,36-38,41,48-49,52,61,63,67-70H,21-22,24-29,31H2,1-12H3/b17-16+,30-23+,35-18-,62-47?/t33-,34-,36+,37+,38+,48-,49+,52+,59-/m0/s1. The van der Waals surface area contributed by atoms with Gasteiger partial charge in [0, 0.05) is 98.5 Å². The number of hydrogen-bond acceptors (Lipinski definition) is 15. The number of likely N-dealkylation sites (tertiary alicyclic amines) is 2. The topological polar surface area (TPSA) is 232 Å². The number of aliphatic hydroxyl groups is 2. The first kappa shape index (κ1) is 56.9. The molecule has 77 heavy (non-hydrogen) atoms. The molecule has 0 radical (unpaired) electrons. The molecule has 6 N–H and O–H groups in total. The van der Waals surface area contributed by atoms with Crippen LogP contribution in [0.15, 0.2) is 76.5 Å². The van der Waals surface area contributed by atoms with Crippen molar-refractivity contribution in [1.29, 1.82) is 0 Å². The Morgan fingerprint density at radius 2 is 1.55 bits per heavy atom. The van der Waals surface area contributed by atoms with E-state index in [2.05, 4.69) is 34.4 Å². The molecule has 2 amide bonds. The number of nitrogens with one attached hydrogen (secondary N) is 2. The lowest BCUT2D eigenvalue weighted by molar-refractivity contribution is -0.176. The zero-order chi connectivity index (χ0) is 56.1. The van der Waals surface area contributed by atoms with E-state index >= 15 is 4.79 Å². The highest BCUT2D eigenvalue weighted by Crippen LogP contribution is 2.51. The van der Waals surface area contributed by atoms with Crippen molar-refractivity contribution in [1.82, 2.24) is 9.80 Å². The summed E-state index contributed by atoms with van der Waals surface area (Å²) in [6, 6.07) is 10.0. The van der Waals surface area contributed by atoms with Gasteiger partial charge in [0.05, 0.1) is 35.1 Å². The van der Waals surface area contributed by atoms with Gasteiger partial charge in [-0.2, -0.15) is 0 Å². The average Bonchev–Trinajstić information content (AvgIpc) is 3.97. The molecule has 6 aliphatic heterocycles. The first-order valence-corrected chi connectivity index (χ1v) is 27.5. The number of phenols is 2. The minimum atomic E-state index is -1.97. The summed E-state index contributed by atoms with van der Waals surface area (Å²) in [6.07, 6.45) is 7.14. The zero-order valence-corrected chi connectivity index (χ0v) is 46.8. The quantitative estimate of drug-likeness (QED) is 0.0766. The van der Waals surface area contributed by atoms with E-state index in [0.717, 1.165) is 12.2 Å². The van der Waals surface area contributed by atoms with Crippen LogP contribution in [0.3, 0.4) is 0 Å². The highest BCUT2D eigenvalue weighted by atomic mass is 16.7. The van der Waals surface area contributed by atoms with Crippen molar-refractivity contribution in [2.24, 2.45) is 50.9 Å². The number of aromatic hydroxyl groups is 2. The van der Waals surface area contributed by atoms with Gasteiger partial charge < -0.3 is 55.1 Å². The molecule has 5 bridgehead atoms. The third-order valence-electron chi connectivity index (χ3n) is 17.0. The number of nitrogens with zero attached hydrogens (tertiary/aromatic N) is 4. The molecule has 6 aliphatic rings. The predicted octanol–water partition coefficient (Wildman–Crippen LogP) is 7.48. The van der Waals surface area contributed by atoms with Crippen LogP contribution in [0, 0.1) is 47.8 Å². The molecular weight excluding hydrogens is 981 g/mol. The normalized spacial score (nSPS) is 29.9. The Morgan fingerprint density at radius 1 is 0.883 bits per heavy atom. The second kappa shape index (κ2) is 22.2. The number of piperidine rings is 2. The lowest BCUT2D eigenvalue weighted by atomic mass is 9.76. The van der Waals surface area contributed by atoms with E-state index in [-0.39, 0.29) is 61.6 Å². The Bertz CT molecular complexity index is 2990. The van der Waals surface area contributed by atoms with Crippen LogP contribution in [-0.2, 0) is 23.9 Å². The van der Waals surface area contributed by atoms with Crippen molar-refractivity contribution in [3.63, 3.8) is 0 Å². The van der Waals surface area contributed by atoms with Crippen molar-refractivity contribution < 1.29 is 53.8 Å². The number of hydrogen-bond donors (Lipinski definition) is 6. The van der Waals surface area contributed by atoms with Gasteiger partial charge in [0.1, 0.15) is 39.4 Å². The molecule has 0 aliphatic carbocycles. The number of carbonyl (C=O) groups excluding carboxylic acids is 4. The molecule has 2 fully saturated rings. The fraction of sp³-hybridized carbons (Fsp3) is 0.567. The molecule has 6 heterocycles. The minimum absolute atomic E-state index is 0.0512. The van der Waals surface area contributed by atoms with E-state index in [0.29, 0.717) is 63.5 Å². The molecular formula is C60H80N6O11. The van der Waals surface area contributed by atoms with Crippen LogP contribution in [0.1, 0.15) is 118 Å². The number of carbonyl (C=O) groups is 4. The average molecular weight is 1060 g/mol. The zero-order valence-electron chi connectivity index (χ0n) is 46.8. The van der Waals surface area contributed by atoms with E-state index in [1.807, 2.05) is 44.2 Å². The highest BCUT2D eigenvalue weighted by Gasteiger charge is 2.51. The van der Waals surface area contributed by atoms with Crippen LogP contribution in [0.25, 0.3) is 10.8 Å². The summed E-state index contributed by atoms with van der Waals surface area (Å²) >= 11 is 0. The van der Waals surface area contributed by atoms with Crippen LogP contribution in [0.5, 0.6) is 17.2 Å². The third-order valence-corrected chi connectivity index (χ3v) is 17.0. The van der Waals surface area contributed by atoms with E-state index in [4.69, 9.17) is 19.2 Å². The molecule has 0 aromatic heterocycles. The Balaban J connectivity index is 1.14. The number of allylic oxidation sites excluding steroid dienone is 3. The largest absolute Gasteiger partial charge is 0.507 e. The van der Waals surface area contributed by atoms with Crippen LogP contribution >= 0.6 is 0 Å². The number of phenolic OH excluding ortho intramolecular Hbond substituents is 2. The third kappa shape index (κ3) is 11.1. The molecule has 3 aromatic carbocycles. The Morgan fingerprint density at radius 3 is 2.19 bits per heavy atom. The molecule has 17 nitrogen and oxygen atoms in total. The Kier molecular flexibility index (Phi) is 16.4. The lowest BCUT2D eigenvalue weighted by Gasteiger charge is -2.40. The molecule has 2 saturated heterocycles. The van der Waals surface area contributed by atoms with Gasteiger partial charge in [-0.15, -0.1) is 0 Å². The fourth-order valence-electron chi connectivity index (χ4n) is 11.7. The van der Waals surface area contributed by atoms with E-state index < -0.39 is 88.2 Å². The summed E-state index contributed by atoms with van der Waals surface area (Å²) in [4.78, 5) is 71.5. The number of Topliss-reactive ketones (excluding diaryl/α,β-unsaturated/α-hetero) is 1. The number of amides is 2. The van der Waals surface area contributed by atoms with Crippen molar-refractivity contribution >= 4 is 45.7 Å². The first-order chi connectivity index (χ1) is 36.3. The maximum absolute atomic E-state index is 15.0. The van der Waals surface area contributed by atoms with Crippen molar-refractivity contribution in [2.75, 3.05) is 43.4 Å². The van der Waals surface area contributed by atoms with Gasteiger partial charge in [-0.25, -0.2) is 4.99 Å². The number of anilines is 2. The highest BCUT2D eigenvalue weighted by molar-refractivity contribution is 6.21. The van der Waals surface area contributed by atoms with E-state index in [1.165, 1.54) is 13.2 Å². The van der Waals surface area contributed by atoms with Crippen LogP contribution in [0.2, 0.25) is 0 Å². The van der Waals surface area contributed by atoms with E-state index in [1.54, 1.807) is 77.7 Å². The van der Waals surface area contributed by atoms with Crippen molar-refractivity contribution in [3.8, 4) is 17.2 Å². The van der Waals surface area contributed by atoms with Gasteiger partial charge in [-0.05, 0) is 76.5 Å². The monoisotopic (exact) mass is 1060 g/mol. The number of esters is 1. The van der Waals surface area contributed by atoms with Gasteiger partial charge in [0.25, 0.3) is 11.7 Å². The van der Waals surface area contributed by atoms with Crippen LogP contribution in [0.4, 0.5) is 11.4 Å². The van der Waals surface area contributed by atoms with Crippen molar-refractivity contribution in [3.05, 3.63) is 88.3 Å². The lowest BCUT2D eigenvalue weighted by Crippen LogP contribution is -2.52. The van der Waals surface area contributed by atoms with Crippen LogP contribution < -0.4 is 26.1 Å². The van der Waals surface area contributed by atoms with Crippen molar-refractivity contribution in [2.45, 2.75) is 145 Å². The minimum Gasteiger partial charge on any atom is -0.507 e. The summed E-state index contributed by atoms with van der Waals surface area (Å²) in [5.74, 6) is -7.85. The van der Waals surface area contributed by atoms with E-state index in [9.17, 15) is 34.8 Å². The summed E-state index contributed by atoms with van der Waals surface area (Å²) in [7, 11) is 0. The smallest absolute Gasteiger partial charge is 0.321 e. The number of rotatable bonds is 7. The molecule has 9 atom stereocenters. The maximum atomic E-state index is 15.0. The van der Waals surface area contributed by atoms with Gasteiger partial charge >= 0.3 is 11.8 Å². The Labute approximate surface area is 452 Å². The second-order valence-electron chi connectivity index (χ2n) is 23.6. The van der Waals surface area contributed by atoms with Crippen LogP contribution in [-0.4, -0.2) is 122 Å². The SMILES string of the molecule is C/C1=C/C=C/[C@H](C)[C@H](O)[C@@H](C)[C@@H](O)[C@@H](C)[C@H](OC(=O)C(C)(C)C(=O)N2CCC(Nc3ccccc3)CC2)[C@H](C)[C@@H](C)/C=C/O[C@@]2(C)Oc3c(C)c(O)c4c(O)c(c5c(c4c3C2=O)NC2(CCN(CC(C)C)CC2)N=5)=NC1=O. The number of ether oxygens (including phenoxy) is 3. The second-order valence-corrected chi connectivity index (χ2v) is 23.6. The molecule has 9 rings (SSSR count). The predicted molar refractivity (Wildman–Crippen MR) is 294 cm³/mol. The molecule has 3 aromatic rings. The summed E-state index contributed by atoms with van der Waals surface area (Å²) < 4.78 is 19.1. The van der Waals surface area contributed by atoms with Gasteiger partial charge in [-0.1, -0.05) is 84.9 Å². The van der Waals surface area contributed by atoms with Gasteiger partial charge in [0.15, 0.2) is 5.75 Å². The Hall–Kier alpha value is -6.30. The molecule has 1 spiro atoms. The maximum Gasteiger partial charge on any atom is 0.321 e. The first-order valence-electron chi connectivity index (χ1n) is 27.5. The summed E-state index contributed by atoms with van der Waals surface area (Å²) in [6.45, 7) is 24.3. The number of para-hydroxylation sites is 1. The molecule has 0 unspecified atom stereocenters. The summed E-state index contributed by atoms with van der Waals surface area (Å²) in [5, 5.41) is 55.3. The molecule has 0 saturated carbocycles.